The normalized spacial score (nSPS) is 13.1. The molecule has 2 amide bonds. The molecule has 0 saturated heterocycles. The molecular formula is C15H21FN2O3. The lowest BCUT2D eigenvalue weighted by Gasteiger charge is -2.22. The third-order valence-corrected chi connectivity index (χ3v) is 3.35. The molecule has 6 heteroatoms. The third kappa shape index (κ3) is 5.06. The number of halogens is 1. The van der Waals surface area contributed by atoms with Gasteiger partial charge in [0.05, 0.1) is 7.11 Å². The lowest BCUT2D eigenvalue weighted by molar-refractivity contribution is -0.144. The van der Waals surface area contributed by atoms with Gasteiger partial charge in [-0.15, -0.1) is 0 Å². The van der Waals surface area contributed by atoms with Crippen LogP contribution in [0.15, 0.2) is 24.3 Å². The lowest BCUT2D eigenvalue weighted by Crippen LogP contribution is -2.49. The first-order chi connectivity index (χ1) is 9.99. The van der Waals surface area contributed by atoms with E-state index in [1.807, 2.05) is 13.8 Å². The Bertz CT molecular complexity index is 494. The zero-order valence-corrected chi connectivity index (χ0v) is 12.5. The van der Waals surface area contributed by atoms with Crippen molar-refractivity contribution in [2.75, 3.05) is 7.11 Å². The molecule has 2 N–H and O–H groups in total. The van der Waals surface area contributed by atoms with Gasteiger partial charge in [0.2, 0.25) is 0 Å². The average Bonchev–Trinajstić information content (AvgIpc) is 2.50. The summed E-state index contributed by atoms with van der Waals surface area (Å²) in [5, 5.41) is 5.09. The molecule has 0 unspecified atom stereocenters. The van der Waals surface area contributed by atoms with Crippen LogP contribution in [0.2, 0.25) is 0 Å². The van der Waals surface area contributed by atoms with Crippen molar-refractivity contribution in [3.63, 3.8) is 0 Å². The number of nitrogens with one attached hydrogen (secondary N) is 2. The predicted molar refractivity (Wildman–Crippen MR) is 77.0 cm³/mol. The van der Waals surface area contributed by atoms with Crippen molar-refractivity contribution in [3.8, 4) is 0 Å². The molecule has 116 valence electrons. The van der Waals surface area contributed by atoms with E-state index < -0.39 is 18.0 Å². The topological polar surface area (TPSA) is 67.4 Å². The van der Waals surface area contributed by atoms with Crippen LogP contribution in [-0.4, -0.2) is 25.2 Å². The van der Waals surface area contributed by atoms with Gasteiger partial charge in [0.15, 0.2) is 0 Å². The van der Waals surface area contributed by atoms with Gasteiger partial charge in [-0.25, -0.2) is 14.0 Å². The third-order valence-electron chi connectivity index (χ3n) is 3.35. The molecule has 0 radical (unpaired) electrons. The van der Waals surface area contributed by atoms with E-state index in [-0.39, 0.29) is 18.3 Å². The van der Waals surface area contributed by atoms with Gasteiger partial charge < -0.3 is 15.4 Å². The van der Waals surface area contributed by atoms with Gasteiger partial charge >= 0.3 is 12.0 Å². The first-order valence-electron chi connectivity index (χ1n) is 6.85. The Morgan fingerprint density at radius 1 is 1.33 bits per heavy atom. The summed E-state index contributed by atoms with van der Waals surface area (Å²) in [5.41, 5.74) is 0.380. The number of carbonyl (C=O) groups is 2. The summed E-state index contributed by atoms with van der Waals surface area (Å²) in [7, 11) is 1.27. The fraction of sp³-hybridized carbons (Fsp3) is 0.467. The SMILES string of the molecule is CC[C@H](C)[C@H](NC(=O)NCc1ccccc1F)C(=O)OC. The number of rotatable bonds is 6. The summed E-state index contributed by atoms with van der Waals surface area (Å²) in [6, 6.07) is 4.92. The number of ether oxygens (including phenoxy) is 1. The molecule has 1 aromatic rings. The zero-order chi connectivity index (χ0) is 15.8. The van der Waals surface area contributed by atoms with E-state index >= 15 is 0 Å². The maximum atomic E-state index is 13.4. The van der Waals surface area contributed by atoms with E-state index in [9.17, 15) is 14.0 Å². The van der Waals surface area contributed by atoms with Gasteiger partial charge in [0.25, 0.3) is 0 Å². The number of esters is 1. The number of methoxy groups -OCH3 is 1. The van der Waals surface area contributed by atoms with Crippen LogP contribution in [0.3, 0.4) is 0 Å². The van der Waals surface area contributed by atoms with Crippen LogP contribution in [0.5, 0.6) is 0 Å². The molecule has 0 spiro atoms. The van der Waals surface area contributed by atoms with Crippen molar-refractivity contribution in [2.45, 2.75) is 32.9 Å². The predicted octanol–water partition coefficient (Wildman–Crippen LogP) is 2.21. The zero-order valence-electron chi connectivity index (χ0n) is 12.5. The number of urea groups is 1. The van der Waals surface area contributed by atoms with E-state index in [0.717, 1.165) is 0 Å². The van der Waals surface area contributed by atoms with Crippen LogP contribution >= 0.6 is 0 Å². The monoisotopic (exact) mass is 296 g/mol. The largest absolute Gasteiger partial charge is 0.467 e. The highest BCUT2D eigenvalue weighted by Crippen LogP contribution is 2.09. The molecule has 0 saturated carbocycles. The van der Waals surface area contributed by atoms with Crippen molar-refractivity contribution in [2.24, 2.45) is 5.92 Å². The van der Waals surface area contributed by atoms with E-state index in [2.05, 4.69) is 15.4 Å². The van der Waals surface area contributed by atoms with Crippen LogP contribution in [0.25, 0.3) is 0 Å². The van der Waals surface area contributed by atoms with Gasteiger partial charge in [-0.05, 0) is 12.0 Å². The maximum Gasteiger partial charge on any atom is 0.328 e. The second kappa shape index (κ2) is 8.24. The molecule has 1 aromatic carbocycles. The van der Waals surface area contributed by atoms with Crippen molar-refractivity contribution in [3.05, 3.63) is 35.6 Å². The Morgan fingerprint density at radius 3 is 2.57 bits per heavy atom. The molecule has 0 fully saturated rings. The Morgan fingerprint density at radius 2 is 2.00 bits per heavy atom. The minimum Gasteiger partial charge on any atom is -0.467 e. The molecule has 0 aliphatic heterocycles. The molecule has 0 aromatic heterocycles. The summed E-state index contributed by atoms with van der Waals surface area (Å²) >= 11 is 0. The second-order valence-corrected chi connectivity index (χ2v) is 4.80. The minimum atomic E-state index is -0.722. The Hall–Kier alpha value is -2.11. The molecular weight excluding hydrogens is 275 g/mol. The van der Waals surface area contributed by atoms with Crippen LogP contribution in [-0.2, 0) is 16.1 Å². The van der Waals surface area contributed by atoms with E-state index in [1.54, 1.807) is 18.2 Å². The molecule has 2 atom stereocenters. The van der Waals surface area contributed by atoms with Gasteiger partial charge in [-0.1, -0.05) is 38.5 Å². The summed E-state index contributed by atoms with van der Waals surface area (Å²) in [4.78, 5) is 23.5. The van der Waals surface area contributed by atoms with Gasteiger partial charge in [-0.2, -0.15) is 0 Å². The Kier molecular flexibility index (Phi) is 6.65. The number of carbonyl (C=O) groups excluding carboxylic acids is 2. The van der Waals surface area contributed by atoms with E-state index in [0.29, 0.717) is 12.0 Å². The number of amides is 2. The van der Waals surface area contributed by atoms with Crippen molar-refractivity contribution < 1.29 is 18.7 Å². The van der Waals surface area contributed by atoms with Crippen molar-refractivity contribution in [1.29, 1.82) is 0 Å². The smallest absolute Gasteiger partial charge is 0.328 e. The standard InChI is InChI=1S/C15H21FN2O3/c1-4-10(2)13(14(19)21-3)18-15(20)17-9-11-7-5-6-8-12(11)16/h5-8,10,13H,4,9H2,1-3H3,(H2,17,18,20)/t10-,13-/m0/s1. The maximum absolute atomic E-state index is 13.4. The summed E-state index contributed by atoms with van der Waals surface area (Å²) in [5.74, 6) is -0.939. The van der Waals surface area contributed by atoms with Crippen molar-refractivity contribution in [1.82, 2.24) is 10.6 Å². The molecule has 0 aliphatic carbocycles. The summed E-state index contributed by atoms with van der Waals surface area (Å²) in [6.07, 6.45) is 0.716. The number of hydrogen-bond acceptors (Lipinski definition) is 3. The van der Waals surface area contributed by atoms with Crippen LogP contribution in [0, 0.1) is 11.7 Å². The summed E-state index contributed by atoms with van der Waals surface area (Å²) < 4.78 is 18.1. The summed E-state index contributed by atoms with van der Waals surface area (Å²) in [6.45, 7) is 3.81. The molecule has 0 bridgehead atoms. The molecule has 0 heterocycles. The number of benzene rings is 1. The first-order valence-corrected chi connectivity index (χ1v) is 6.85. The molecule has 0 aliphatic rings. The first kappa shape index (κ1) is 16.9. The van der Waals surface area contributed by atoms with Crippen molar-refractivity contribution >= 4 is 12.0 Å². The van der Waals surface area contributed by atoms with E-state index in [4.69, 9.17) is 0 Å². The molecule has 1 rings (SSSR count). The average molecular weight is 296 g/mol. The Labute approximate surface area is 123 Å². The quantitative estimate of drug-likeness (QED) is 0.791. The van der Waals surface area contributed by atoms with E-state index in [1.165, 1.54) is 13.2 Å². The highest BCUT2D eigenvalue weighted by molar-refractivity contribution is 5.83. The highest BCUT2D eigenvalue weighted by Gasteiger charge is 2.26. The highest BCUT2D eigenvalue weighted by atomic mass is 19.1. The molecule has 5 nitrogen and oxygen atoms in total. The Balaban J connectivity index is 2.58. The van der Waals surface area contributed by atoms with Crippen LogP contribution < -0.4 is 10.6 Å². The minimum absolute atomic E-state index is 0.0485. The lowest BCUT2D eigenvalue weighted by atomic mass is 9.99. The fourth-order valence-corrected chi connectivity index (χ4v) is 1.81. The fourth-order valence-electron chi connectivity index (χ4n) is 1.81. The van der Waals surface area contributed by atoms with Gasteiger partial charge in [0, 0.05) is 12.1 Å². The molecule has 21 heavy (non-hydrogen) atoms. The number of hydrogen-bond donors (Lipinski definition) is 2. The van der Waals surface area contributed by atoms with Crippen LogP contribution in [0.4, 0.5) is 9.18 Å². The van der Waals surface area contributed by atoms with Gasteiger partial charge in [0.1, 0.15) is 11.9 Å². The second-order valence-electron chi connectivity index (χ2n) is 4.80. The van der Waals surface area contributed by atoms with Crippen LogP contribution in [0.1, 0.15) is 25.8 Å². The van der Waals surface area contributed by atoms with Gasteiger partial charge in [-0.3, -0.25) is 0 Å².